The molecule has 0 rings (SSSR count). The summed E-state index contributed by atoms with van der Waals surface area (Å²) >= 11 is 0. The summed E-state index contributed by atoms with van der Waals surface area (Å²) in [5, 5.41) is 0. The number of sulfone groups is 1. The van der Waals surface area contributed by atoms with Gasteiger partial charge in [0.1, 0.15) is 9.84 Å². The van der Waals surface area contributed by atoms with Crippen molar-refractivity contribution in [3.05, 3.63) is 0 Å². The van der Waals surface area contributed by atoms with Gasteiger partial charge in [0, 0.05) is 18.3 Å². The van der Waals surface area contributed by atoms with E-state index in [1.165, 1.54) is 6.26 Å². The molecular weight excluding hydrogens is 186 g/mol. The van der Waals surface area contributed by atoms with Crippen LogP contribution in [0.2, 0.25) is 0 Å². The lowest BCUT2D eigenvalue weighted by Gasteiger charge is -2.30. The fraction of sp³-hybridized carbons (Fsp3) is 1.00. The van der Waals surface area contributed by atoms with E-state index >= 15 is 0 Å². The molecule has 0 saturated carbocycles. The molecule has 80 valence electrons. The molecule has 4 heteroatoms. The molecule has 0 bridgehead atoms. The Labute approximate surface area is 82.0 Å². The predicted molar refractivity (Wildman–Crippen MR) is 56.7 cm³/mol. The quantitative estimate of drug-likeness (QED) is 0.678. The van der Waals surface area contributed by atoms with Gasteiger partial charge in [-0.3, -0.25) is 4.90 Å². The number of hydrogen-bond acceptors (Lipinski definition) is 3. The lowest BCUT2D eigenvalue weighted by Crippen LogP contribution is -2.42. The molecule has 0 aromatic carbocycles. The Hall–Kier alpha value is -0.0900. The van der Waals surface area contributed by atoms with Crippen molar-refractivity contribution in [2.45, 2.75) is 39.8 Å². The smallest absolute Gasteiger partial charge is 0.148 e. The lowest BCUT2D eigenvalue weighted by atomic mass is 10.2. The summed E-state index contributed by atoms with van der Waals surface area (Å²) in [4.78, 5) is 2.18. The van der Waals surface area contributed by atoms with E-state index in [9.17, 15) is 8.42 Å². The molecule has 0 amide bonds. The van der Waals surface area contributed by atoms with Crippen molar-refractivity contribution in [1.29, 1.82) is 0 Å². The van der Waals surface area contributed by atoms with Crippen LogP contribution in [0, 0.1) is 0 Å². The summed E-state index contributed by atoms with van der Waals surface area (Å²) in [6.07, 6.45) is 1.29. The van der Waals surface area contributed by atoms with Gasteiger partial charge in [-0.15, -0.1) is 0 Å². The first-order chi connectivity index (χ1) is 5.78. The molecule has 0 aliphatic carbocycles. The third-order valence-electron chi connectivity index (χ3n) is 2.14. The topological polar surface area (TPSA) is 37.4 Å². The molecule has 0 heterocycles. The molecule has 0 radical (unpaired) electrons. The van der Waals surface area contributed by atoms with Crippen LogP contribution < -0.4 is 0 Å². The Kier molecular flexibility index (Phi) is 4.92. The van der Waals surface area contributed by atoms with Crippen molar-refractivity contribution in [3.8, 4) is 0 Å². The van der Waals surface area contributed by atoms with E-state index in [0.29, 0.717) is 6.04 Å². The second-order valence-corrected chi connectivity index (χ2v) is 6.05. The minimum absolute atomic E-state index is 0.111. The number of hydrogen-bond donors (Lipinski definition) is 0. The predicted octanol–water partition coefficient (Wildman–Crippen LogP) is 1.15. The van der Waals surface area contributed by atoms with Crippen LogP contribution in [-0.4, -0.2) is 44.0 Å². The fourth-order valence-electron chi connectivity index (χ4n) is 1.72. The maximum absolute atomic E-state index is 11.1. The molecule has 1 atom stereocenters. The zero-order valence-electron chi connectivity index (χ0n) is 9.24. The molecular formula is C9H21NO2S. The average Bonchev–Trinajstić information content (AvgIpc) is 1.82. The first kappa shape index (κ1) is 12.9. The molecule has 0 N–H and O–H groups in total. The minimum Gasteiger partial charge on any atom is -0.298 e. The van der Waals surface area contributed by atoms with Crippen molar-refractivity contribution in [2.75, 3.05) is 18.6 Å². The monoisotopic (exact) mass is 207 g/mol. The van der Waals surface area contributed by atoms with Crippen molar-refractivity contribution in [2.24, 2.45) is 0 Å². The molecule has 3 nitrogen and oxygen atoms in total. The molecule has 0 aliphatic rings. The highest BCUT2D eigenvalue weighted by atomic mass is 32.2. The normalized spacial score (nSPS) is 15.3. The van der Waals surface area contributed by atoms with Gasteiger partial charge in [0.25, 0.3) is 0 Å². The Balaban J connectivity index is 4.31. The minimum atomic E-state index is -2.85. The van der Waals surface area contributed by atoms with E-state index in [1.54, 1.807) is 0 Å². The second kappa shape index (κ2) is 4.96. The van der Waals surface area contributed by atoms with E-state index in [-0.39, 0.29) is 11.8 Å². The van der Waals surface area contributed by atoms with E-state index < -0.39 is 9.84 Å². The summed E-state index contributed by atoms with van der Waals surface area (Å²) in [6, 6.07) is 0.516. The van der Waals surface area contributed by atoms with Crippen LogP contribution in [0.3, 0.4) is 0 Å². The third kappa shape index (κ3) is 5.26. The van der Waals surface area contributed by atoms with Gasteiger partial charge in [-0.2, -0.15) is 0 Å². The largest absolute Gasteiger partial charge is 0.298 e. The fourth-order valence-corrected chi connectivity index (χ4v) is 2.79. The van der Waals surface area contributed by atoms with Crippen LogP contribution in [0.4, 0.5) is 0 Å². The zero-order chi connectivity index (χ0) is 10.6. The van der Waals surface area contributed by atoms with E-state index in [0.717, 1.165) is 6.54 Å². The van der Waals surface area contributed by atoms with Gasteiger partial charge >= 0.3 is 0 Å². The van der Waals surface area contributed by atoms with Crippen molar-refractivity contribution >= 4 is 9.84 Å². The van der Waals surface area contributed by atoms with Gasteiger partial charge in [0.15, 0.2) is 0 Å². The SMILES string of the molecule is CCN(C(C)C)C(C)CS(C)(=O)=O. The molecule has 1 unspecified atom stereocenters. The number of rotatable bonds is 5. The molecule has 0 saturated heterocycles. The van der Waals surface area contributed by atoms with Crippen LogP contribution in [0.5, 0.6) is 0 Å². The zero-order valence-corrected chi connectivity index (χ0v) is 10.1. The Morgan fingerprint density at radius 1 is 1.23 bits per heavy atom. The van der Waals surface area contributed by atoms with Crippen molar-refractivity contribution in [1.82, 2.24) is 4.90 Å². The summed E-state index contributed by atoms with van der Waals surface area (Å²) in [5.41, 5.74) is 0. The summed E-state index contributed by atoms with van der Waals surface area (Å²) in [6.45, 7) is 9.09. The van der Waals surface area contributed by atoms with Crippen LogP contribution in [-0.2, 0) is 9.84 Å². The first-order valence-electron chi connectivity index (χ1n) is 4.71. The van der Waals surface area contributed by atoms with Crippen LogP contribution >= 0.6 is 0 Å². The summed E-state index contributed by atoms with van der Waals surface area (Å²) in [7, 11) is -2.85. The molecule has 0 aromatic heterocycles. The highest BCUT2D eigenvalue weighted by Gasteiger charge is 2.18. The molecule has 0 spiro atoms. The van der Waals surface area contributed by atoms with E-state index in [1.807, 2.05) is 6.92 Å². The van der Waals surface area contributed by atoms with E-state index in [2.05, 4.69) is 25.7 Å². The standard InChI is InChI=1S/C9H21NO2S/c1-6-10(8(2)3)9(4)7-13(5,11)12/h8-9H,6-7H2,1-5H3. The highest BCUT2D eigenvalue weighted by Crippen LogP contribution is 2.06. The van der Waals surface area contributed by atoms with Gasteiger partial charge < -0.3 is 0 Å². The van der Waals surface area contributed by atoms with Gasteiger partial charge in [-0.05, 0) is 27.3 Å². The highest BCUT2D eigenvalue weighted by molar-refractivity contribution is 7.90. The molecule has 0 aromatic rings. The van der Waals surface area contributed by atoms with Crippen LogP contribution in [0.25, 0.3) is 0 Å². The van der Waals surface area contributed by atoms with Crippen LogP contribution in [0.1, 0.15) is 27.7 Å². The van der Waals surface area contributed by atoms with Crippen molar-refractivity contribution < 1.29 is 8.42 Å². The van der Waals surface area contributed by atoms with Gasteiger partial charge in [-0.1, -0.05) is 6.92 Å². The van der Waals surface area contributed by atoms with Crippen LogP contribution in [0.15, 0.2) is 0 Å². The first-order valence-corrected chi connectivity index (χ1v) is 6.77. The Bertz CT molecular complexity index is 234. The number of nitrogens with zero attached hydrogens (tertiary/aromatic N) is 1. The molecule has 0 fully saturated rings. The van der Waals surface area contributed by atoms with Crippen molar-refractivity contribution in [3.63, 3.8) is 0 Å². The van der Waals surface area contributed by atoms with Gasteiger partial charge in [0.05, 0.1) is 5.75 Å². The lowest BCUT2D eigenvalue weighted by molar-refractivity contribution is 0.187. The van der Waals surface area contributed by atoms with Gasteiger partial charge in [-0.25, -0.2) is 8.42 Å². The maximum atomic E-state index is 11.1. The summed E-state index contributed by atoms with van der Waals surface area (Å²) in [5.74, 6) is 0.249. The molecule has 0 aliphatic heterocycles. The maximum Gasteiger partial charge on any atom is 0.148 e. The Morgan fingerprint density at radius 2 is 1.69 bits per heavy atom. The second-order valence-electron chi connectivity index (χ2n) is 3.87. The van der Waals surface area contributed by atoms with Gasteiger partial charge in [0.2, 0.25) is 0 Å². The summed E-state index contributed by atoms with van der Waals surface area (Å²) < 4.78 is 22.1. The van der Waals surface area contributed by atoms with E-state index in [4.69, 9.17) is 0 Å². The third-order valence-corrected chi connectivity index (χ3v) is 3.23. The Morgan fingerprint density at radius 3 is 1.92 bits per heavy atom. The molecule has 13 heavy (non-hydrogen) atoms. The average molecular weight is 207 g/mol.